The van der Waals surface area contributed by atoms with E-state index in [-0.39, 0.29) is 48.1 Å². The van der Waals surface area contributed by atoms with Crippen LogP contribution in [-0.4, -0.2) is 36.3 Å². The molecule has 0 unspecified atom stereocenters. The molecule has 0 atom stereocenters. The average Bonchev–Trinajstić information content (AvgIpc) is 3.20. The van der Waals surface area contributed by atoms with Gasteiger partial charge in [0.15, 0.2) is 0 Å². The summed E-state index contributed by atoms with van der Waals surface area (Å²) in [4.78, 5) is 39.3. The van der Waals surface area contributed by atoms with E-state index in [1.54, 1.807) is 0 Å². The molecule has 7 nitrogen and oxygen atoms in total. The summed E-state index contributed by atoms with van der Waals surface area (Å²) in [6.45, 7) is 0.0789. The average molecular weight is 320 g/mol. The summed E-state index contributed by atoms with van der Waals surface area (Å²) >= 11 is 0. The van der Waals surface area contributed by atoms with Crippen LogP contribution in [0.5, 0.6) is 0 Å². The van der Waals surface area contributed by atoms with E-state index in [0.717, 1.165) is 51.4 Å². The van der Waals surface area contributed by atoms with Gasteiger partial charge in [-0.05, 0) is 38.5 Å². The van der Waals surface area contributed by atoms with Crippen LogP contribution < -0.4 is 16.0 Å². The van der Waals surface area contributed by atoms with Crippen LogP contribution in [0.25, 0.3) is 0 Å². The molecule has 0 aromatic heterocycles. The Balaban J connectivity index is 1.40. The Kier molecular flexibility index (Phi) is 4.93. The third-order valence-corrected chi connectivity index (χ3v) is 5.05. The van der Waals surface area contributed by atoms with Crippen LogP contribution in [0, 0.1) is 11.8 Å². The number of hydrogen-bond donors (Lipinski definition) is 3. The monoisotopic (exact) mass is 320 g/mol. The van der Waals surface area contributed by atoms with Gasteiger partial charge < -0.3 is 5.32 Å². The molecule has 0 aromatic carbocycles. The van der Waals surface area contributed by atoms with Crippen molar-refractivity contribution in [1.29, 1.82) is 0 Å². The van der Waals surface area contributed by atoms with Gasteiger partial charge in [-0.25, -0.2) is 4.99 Å². The minimum atomic E-state index is -0.196. The molecule has 0 radical (unpaired) electrons. The number of aliphatic imine (C=N–C) groups is 1. The smallest absolute Gasteiger partial charge is 0.248 e. The van der Waals surface area contributed by atoms with Gasteiger partial charge in [-0.3, -0.25) is 25.0 Å². The third kappa shape index (κ3) is 4.09. The van der Waals surface area contributed by atoms with Crippen molar-refractivity contribution in [1.82, 2.24) is 16.0 Å². The Labute approximate surface area is 135 Å². The highest BCUT2D eigenvalue weighted by Crippen LogP contribution is 2.27. The number of rotatable bonds is 3. The molecule has 1 aliphatic heterocycles. The molecule has 0 aromatic rings. The summed E-state index contributed by atoms with van der Waals surface area (Å²) in [5.74, 6) is 0.287. The number of carbonyl (C=O) groups excluding carboxylic acids is 3. The number of nitrogens with zero attached hydrogens (tertiary/aromatic N) is 1. The highest BCUT2D eigenvalue weighted by Gasteiger charge is 2.30. The Bertz CT molecular complexity index is 517. The number of guanidine groups is 1. The van der Waals surface area contributed by atoms with Gasteiger partial charge >= 0.3 is 0 Å². The van der Waals surface area contributed by atoms with Crippen molar-refractivity contribution in [3.05, 3.63) is 0 Å². The van der Waals surface area contributed by atoms with Gasteiger partial charge in [-0.1, -0.05) is 12.8 Å². The number of amides is 3. The second-order valence-electron chi connectivity index (χ2n) is 6.74. The fourth-order valence-electron chi connectivity index (χ4n) is 3.66. The molecule has 0 spiro atoms. The maximum atomic E-state index is 12.2. The molecule has 0 bridgehead atoms. The van der Waals surface area contributed by atoms with E-state index in [2.05, 4.69) is 20.9 Å². The third-order valence-electron chi connectivity index (χ3n) is 5.05. The molecule has 1 heterocycles. The molecule has 3 N–H and O–H groups in total. The van der Waals surface area contributed by atoms with Crippen LogP contribution in [-0.2, 0) is 14.4 Å². The minimum absolute atomic E-state index is 0.0742. The number of hydrogen-bond acceptors (Lipinski definition) is 4. The van der Waals surface area contributed by atoms with E-state index in [9.17, 15) is 14.4 Å². The van der Waals surface area contributed by atoms with Crippen LogP contribution in [0.2, 0.25) is 0 Å². The molecule has 3 amide bonds. The molecule has 7 heteroatoms. The molecule has 3 aliphatic rings. The first-order valence-electron chi connectivity index (χ1n) is 8.57. The van der Waals surface area contributed by atoms with E-state index in [1.165, 1.54) is 0 Å². The van der Waals surface area contributed by atoms with Crippen molar-refractivity contribution in [3.8, 4) is 0 Å². The molecule has 126 valence electrons. The maximum Gasteiger partial charge on any atom is 0.248 e. The number of carbonyl (C=O) groups is 3. The zero-order valence-corrected chi connectivity index (χ0v) is 13.3. The molecule has 2 fully saturated rings. The van der Waals surface area contributed by atoms with Gasteiger partial charge in [-0.2, -0.15) is 0 Å². The largest absolute Gasteiger partial charge is 0.353 e. The normalized spacial score (nSPS) is 28.2. The summed E-state index contributed by atoms with van der Waals surface area (Å²) < 4.78 is 0. The van der Waals surface area contributed by atoms with Gasteiger partial charge in [-0.15, -0.1) is 0 Å². The minimum Gasteiger partial charge on any atom is -0.353 e. The lowest BCUT2D eigenvalue weighted by Crippen LogP contribution is -2.45. The van der Waals surface area contributed by atoms with E-state index in [4.69, 9.17) is 0 Å². The Morgan fingerprint density at radius 3 is 2.22 bits per heavy atom. The Morgan fingerprint density at radius 2 is 1.61 bits per heavy atom. The van der Waals surface area contributed by atoms with Crippen molar-refractivity contribution in [2.45, 2.75) is 57.4 Å². The van der Waals surface area contributed by atoms with E-state index in [0.29, 0.717) is 0 Å². The van der Waals surface area contributed by atoms with Gasteiger partial charge in [0.2, 0.25) is 23.7 Å². The summed E-state index contributed by atoms with van der Waals surface area (Å²) in [5.41, 5.74) is 0. The predicted octanol–water partition coefficient (Wildman–Crippen LogP) is 0.454. The zero-order chi connectivity index (χ0) is 16.2. The second-order valence-corrected chi connectivity index (χ2v) is 6.74. The molecule has 2 saturated carbocycles. The zero-order valence-electron chi connectivity index (χ0n) is 13.3. The van der Waals surface area contributed by atoms with Gasteiger partial charge in [0.1, 0.15) is 6.54 Å². The first-order valence-corrected chi connectivity index (χ1v) is 8.57. The molecule has 3 rings (SSSR count). The van der Waals surface area contributed by atoms with Gasteiger partial charge in [0, 0.05) is 17.9 Å². The van der Waals surface area contributed by atoms with Crippen molar-refractivity contribution in [2.24, 2.45) is 16.8 Å². The topological polar surface area (TPSA) is 99.7 Å². The van der Waals surface area contributed by atoms with Crippen LogP contribution in [0.3, 0.4) is 0 Å². The van der Waals surface area contributed by atoms with Crippen LogP contribution in [0.15, 0.2) is 4.99 Å². The van der Waals surface area contributed by atoms with Gasteiger partial charge in [0.25, 0.3) is 0 Å². The van der Waals surface area contributed by atoms with Gasteiger partial charge in [0.05, 0.1) is 0 Å². The van der Waals surface area contributed by atoms with E-state index in [1.807, 2.05) is 0 Å². The Morgan fingerprint density at radius 1 is 0.957 bits per heavy atom. The summed E-state index contributed by atoms with van der Waals surface area (Å²) in [5, 5.41) is 8.33. The molecular weight excluding hydrogens is 296 g/mol. The molecule has 23 heavy (non-hydrogen) atoms. The van der Waals surface area contributed by atoms with Crippen molar-refractivity contribution in [2.75, 3.05) is 6.54 Å². The summed E-state index contributed by atoms with van der Waals surface area (Å²) in [7, 11) is 0. The quantitative estimate of drug-likeness (QED) is 0.704. The predicted molar refractivity (Wildman–Crippen MR) is 84.4 cm³/mol. The van der Waals surface area contributed by atoms with Crippen LogP contribution in [0.1, 0.15) is 51.4 Å². The lowest BCUT2D eigenvalue weighted by atomic mass is 9.85. The van der Waals surface area contributed by atoms with Crippen molar-refractivity contribution in [3.63, 3.8) is 0 Å². The SMILES string of the molecule is O=C1CN=C(NC(=O)C2CCC(NC(=O)C3CCCC3)CC2)N1. The van der Waals surface area contributed by atoms with E-state index >= 15 is 0 Å². The highest BCUT2D eigenvalue weighted by molar-refractivity contribution is 6.09. The lowest BCUT2D eigenvalue weighted by Gasteiger charge is -2.29. The molecule has 0 saturated heterocycles. The van der Waals surface area contributed by atoms with Crippen molar-refractivity contribution >= 4 is 23.7 Å². The second kappa shape index (κ2) is 7.10. The number of nitrogens with one attached hydrogen (secondary N) is 3. The fraction of sp³-hybridized carbons (Fsp3) is 0.750. The van der Waals surface area contributed by atoms with Crippen molar-refractivity contribution < 1.29 is 14.4 Å². The molecule has 2 aliphatic carbocycles. The molecular formula is C16H24N4O3. The highest BCUT2D eigenvalue weighted by atomic mass is 16.2. The first kappa shape index (κ1) is 16.0. The van der Waals surface area contributed by atoms with Crippen LogP contribution >= 0.6 is 0 Å². The lowest BCUT2D eigenvalue weighted by molar-refractivity contribution is -0.126. The fourth-order valence-corrected chi connectivity index (χ4v) is 3.66. The summed E-state index contributed by atoms with van der Waals surface area (Å²) in [6, 6.07) is 0.190. The maximum absolute atomic E-state index is 12.2. The van der Waals surface area contributed by atoms with Crippen LogP contribution in [0.4, 0.5) is 0 Å². The standard InChI is InChI=1S/C16H24N4O3/c21-13-9-17-16(19-13)20-15(23)11-5-7-12(8-6-11)18-14(22)10-3-1-2-4-10/h10-12H,1-9H2,(H,18,22)(H2,17,19,20,21,23). The Hall–Kier alpha value is -1.92. The summed E-state index contributed by atoms with van der Waals surface area (Å²) in [6.07, 6.45) is 7.50. The van der Waals surface area contributed by atoms with E-state index < -0.39 is 0 Å². The first-order chi connectivity index (χ1) is 11.1.